The molecule has 0 saturated carbocycles. The highest BCUT2D eigenvalue weighted by Gasteiger charge is 2.28. The molecule has 0 aliphatic carbocycles. The van der Waals surface area contributed by atoms with Crippen LogP contribution in [0.1, 0.15) is 46.1 Å². The number of benzene rings is 1. The molecule has 1 aromatic carbocycles. The summed E-state index contributed by atoms with van der Waals surface area (Å²) in [6.07, 6.45) is 0. The first kappa shape index (κ1) is 20.5. The summed E-state index contributed by atoms with van der Waals surface area (Å²) in [6, 6.07) is 10.2. The van der Waals surface area contributed by atoms with Gasteiger partial charge >= 0.3 is 0 Å². The molecule has 1 aromatic rings. The van der Waals surface area contributed by atoms with E-state index in [-0.39, 0.29) is 5.75 Å². The summed E-state index contributed by atoms with van der Waals surface area (Å²) in [6.45, 7) is 11.0. The maximum absolute atomic E-state index is 12.1. The number of sulfone groups is 1. The second kappa shape index (κ2) is 9.06. The van der Waals surface area contributed by atoms with Crippen molar-refractivity contribution in [2.45, 2.75) is 45.3 Å². The van der Waals surface area contributed by atoms with Crippen LogP contribution in [0.15, 0.2) is 35.3 Å². The molecule has 1 unspecified atom stereocenters. The van der Waals surface area contributed by atoms with E-state index in [0.29, 0.717) is 25.0 Å². The van der Waals surface area contributed by atoms with Gasteiger partial charge in [-0.25, -0.2) is 8.42 Å². The van der Waals surface area contributed by atoms with Gasteiger partial charge in [-0.1, -0.05) is 37.3 Å². The zero-order valence-electron chi connectivity index (χ0n) is 15.5. The zero-order chi connectivity index (χ0) is 18.2. The van der Waals surface area contributed by atoms with Crippen molar-refractivity contribution >= 4 is 15.8 Å². The summed E-state index contributed by atoms with van der Waals surface area (Å²) in [4.78, 5) is 4.57. The van der Waals surface area contributed by atoms with E-state index in [1.54, 1.807) is 20.8 Å². The molecule has 0 bridgehead atoms. The van der Waals surface area contributed by atoms with Gasteiger partial charge in [-0.3, -0.25) is 4.99 Å². The van der Waals surface area contributed by atoms with E-state index in [2.05, 4.69) is 34.7 Å². The fourth-order valence-corrected chi connectivity index (χ4v) is 3.05. The van der Waals surface area contributed by atoms with Gasteiger partial charge < -0.3 is 10.6 Å². The van der Waals surface area contributed by atoms with Crippen molar-refractivity contribution in [3.8, 4) is 0 Å². The van der Waals surface area contributed by atoms with E-state index < -0.39 is 14.6 Å². The van der Waals surface area contributed by atoms with Crippen molar-refractivity contribution in [1.82, 2.24) is 10.6 Å². The van der Waals surface area contributed by atoms with Gasteiger partial charge in [0.05, 0.1) is 10.5 Å². The van der Waals surface area contributed by atoms with E-state index in [1.807, 2.05) is 25.1 Å². The Hall–Kier alpha value is -1.56. The molecule has 0 radical (unpaired) electrons. The predicted octanol–water partition coefficient (Wildman–Crippen LogP) is 2.56. The number of hydrogen-bond donors (Lipinski definition) is 2. The van der Waals surface area contributed by atoms with Crippen LogP contribution >= 0.6 is 0 Å². The van der Waals surface area contributed by atoms with Crippen molar-refractivity contribution in [3.05, 3.63) is 35.9 Å². The molecule has 2 N–H and O–H groups in total. The van der Waals surface area contributed by atoms with Gasteiger partial charge in [0.1, 0.15) is 0 Å². The number of nitrogens with one attached hydrogen (secondary N) is 2. The topological polar surface area (TPSA) is 70.6 Å². The van der Waals surface area contributed by atoms with Gasteiger partial charge in [0.2, 0.25) is 0 Å². The summed E-state index contributed by atoms with van der Waals surface area (Å²) in [5.41, 5.74) is 1.24. The molecule has 1 rings (SSSR count). The van der Waals surface area contributed by atoms with E-state index in [1.165, 1.54) is 5.56 Å². The van der Waals surface area contributed by atoms with Crippen molar-refractivity contribution in [1.29, 1.82) is 0 Å². The van der Waals surface area contributed by atoms with Gasteiger partial charge in [-0.15, -0.1) is 0 Å². The Kier molecular flexibility index (Phi) is 7.73. The van der Waals surface area contributed by atoms with Crippen LogP contribution in [0.4, 0.5) is 0 Å². The Balaban J connectivity index is 2.60. The van der Waals surface area contributed by atoms with Crippen molar-refractivity contribution in [2.75, 3.05) is 25.4 Å². The van der Waals surface area contributed by atoms with Crippen LogP contribution in [0.25, 0.3) is 0 Å². The minimum atomic E-state index is -3.13. The molecule has 0 heterocycles. The summed E-state index contributed by atoms with van der Waals surface area (Å²) in [7, 11) is -3.13. The molecular weight excluding hydrogens is 322 g/mol. The van der Waals surface area contributed by atoms with Gasteiger partial charge in [-0.2, -0.15) is 0 Å². The number of hydrogen-bond acceptors (Lipinski definition) is 3. The Morgan fingerprint density at radius 2 is 1.79 bits per heavy atom. The normalized spacial score (nSPS) is 14.3. The van der Waals surface area contributed by atoms with E-state index in [4.69, 9.17) is 0 Å². The van der Waals surface area contributed by atoms with Crippen molar-refractivity contribution in [3.63, 3.8) is 0 Å². The largest absolute Gasteiger partial charge is 0.357 e. The van der Waals surface area contributed by atoms with Gasteiger partial charge in [-0.05, 0) is 33.3 Å². The summed E-state index contributed by atoms with van der Waals surface area (Å²) >= 11 is 0. The number of nitrogens with zero attached hydrogens (tertiary/aromatic N) is 1. The summed E-state index contributed by atoms with van der Waals surface area (Å²) in [5.74, 6) is 1.05. The van der Waals surface area contributed by atoms with Crippen LogP contribution in [0.5, 0.6) is 0 Å². The molecule has 5 nitrogen and oxygen atoms in total. The molecule has 0 spiro atoms. The number of rotatable bonds is 7. The molecule has 0 aromatic heterocycles. The smallest absolute Gasteiger partial charge is 0.191 e. The van der Waals surface area contributed by atoms with Gasteiger partial charge in [0.15, 0.2) is 15.8 Å². The highest BCUT2D eigenvalue weighted by atomic mass is 32.2. The molecule has 0 saturated heterocycles. The molecule has 136 valence electrons. The van der Waals surface area contributed by atoms with Gasteiger partial charge in [0, 0.05) is 25.6 Å². The molecule has 0 amide bonds. The molecular formula is C18H31N3O2S. The van der Waals surface area contributed by atoms with Crippen LogP contribution in [-0.2, 0) is 9.84 Å². The van der Waals surface area contributed by atoms with Crippen LogP contribution in [-0.4, -0.2) is 44.5 Å². The fourth-order valence-electron chi connectivity index (χ4n) is 2.07. The van der Waals surface area contributed by atoms with Crippen LogP contribution in [0.2, 0.25) is 0 Å². The van der Waals surface area contributed by atoms with Crippen molar-refractivity contribution in [2.24, 2.45) is 4.99 Å². The predicted molar refractivity (Wildman–Crippen MR) is 102 cm³/mol. The standard InChI is InChI=1S/C18H31N3O2S/c1-6-19-17(20-12-13-24(22,23)18(3,4)5)21-14-15(2)16-10-8-7-9-11-16/h7-11,15H,6,12-14H2,1-5H3,(H2,19,20,21). The summed E-state index contributed by atoms with van der Waals surface area (Å²) < 4.78 is 23.6. The quantitative estimate of drug-likeness (QED) is 0.584. The highest BCUT2D eigenvalue weighted by molar-refractivity contribution is 7.92. The minimum absolute atomic E-state index is 0.0924. The third kappa shape index (κ3) is 6.51. The Bertz CT molecular complexity index is 619. The van der Waals surface area contributed by atoms with Crippen LogP contribution in [0, 0.1) is 0 Å². The van der Waals surface area contributed by atoms with Crippen LogP contribution < -0.4 is 10.6 Å². The first-order valence-electron chi connectivity index (χ1n) is 8.47. The maximum Gasteiger partial charge on any atom is 0.191 e. The zero-order valence-corrected chi connectivity index (χ0v) is 16.3. The van der Waals surface area contributed by atoms with Crippen LogP contribution in [0.3, 0.4) is 0 Å². The average Bonchev–Trinajstić information content (AvgIpc) is 2.52. The Labute approximate surface area is 146 Å². The lowest BCUT2D eigenvalue weighted by Gasteiger charge is -2.20. The van der Waals surface area contributed by atoms with E-state index in [0.717, 1.165) is 6.54 Å². The number of guanidine groups is 1. The third-order valence-electron chi connectivity index (χ3n) is 3.83. The Morgan fingerprint density at radius 3 is 2.33 bits per heavy atom. The lowest BCUT2D eigenvalue weighted by atomic mass is 10.0. The lowest BCUT2D eigenvalue weighted by Crippen LogP contribution is -2.42. The van der Waals surface area contributed by atoms with E-state index >= 15 is 0 Å². The second-order valence-corrected chi connectivity index (χ2v) is 9.75. The SMILES string of the molecule is CCNC(=NCC(C)c1ccccc1)NCCS(=O)(=O)C(C)(C)C. The molecule has 0 aliphatic heterocycles. The van der Waals surface area contributed by atoms with Crippen molar-refractivity contribution < 1.29 is 8.42 Å². The first-order valence-corrected chi connectivity index (χ1v) is 10.1. The monoisotopic (exact) mass is 353 g/mol. The van der Waals surface area contributed by atoms with E-state index in [9.17, 15) is 8.42 Å². The lowest BCUT2D eigenvalue weighted by molar-refractivity contribution is 0.559. The molecule has 24 heavy (non-hydrogen) atoms. The molecule has 0 fully saturated rings. The molecule has 6 heteroatoms. The first-order chi connectivity index (χ1) is 11.2. The fraction of sp³-hybridized carbons (Fsp3) is 0.611. The Morgan fingerprint density at radius 1 is 1.17 bits per heavy atom. The number of aliphatic imine (C=N–C) groups is 1. The average molecular weight is 354 g/mol. The minimum Gasteiger partial charge on any atom is -0.357 e. The highest BCUT2D eigenvalue weighted by Crippen LogP contribution is 2.15. The molecule has 0 aliphatic rings. The third-order valence-corrected chi connectivity index (χ3v) is 6.44. The second-order valence-electron chi connectivity index (χ2n) is 6.89. The van der Waals surface area contributed by atoms with Gasteiger partial charge in [0.25, 0.3) is 0 Å². The maximum atomic E-state index is 12.1. The summed E-state index contributed by atoms with van der Waals surface area (Å²) in [5, 5.41) is 6.27. The molecule has 1 atom stereocenters.